The van der Waals surface area contributed by atoms with Crippen molar-refractivity contribution in [3.8, 4) is 11.6 Å². The van der Waals surface area contributed by atoms with Crippen LogP contribution < -0.4 is 10.1 Å². The second-order valence-corrected chi connectivity index (χ2v) is 5.24. The molecule has 0 spiro atoms. The van der Waals surface area contributed by atoms with E-state index in [0.717, 1.165) is 22.4 Å². The molecule has 0 aliphatic carbocycles. The second-order valence-electron chi connectivity index (χ2n) is 4.34. The normalized spacial score (nSPS) is 10.7. The van der Waals surface area contributed by atoms with Crippen LogP contribution in [0.25, 0.3) is 10.2 Å². The van der Waals surface area contributed by atoms with E-state index in [4.69, 9.17) is 4.74 Å². The zero-order valence-electron chi connectivity index (χ0n) is 11.4. The molecule has 20 heavy (non-hydrogen) atoms. The molecule has 3 rings (SSSR count). The summed E-state index contributed by atoms with van der Waals surface area (Å²) >= 11 is 1.58. The zero-order chi connectivity index (χ0) is 13.9. The van der Waals surface area contributed by atoms with E-state index in [1.54, 1.807) is 18.4 Å². The molecule has 4 nitrogen and oxygen atoms in total. The Bertz CT molecular complexity index is 739. The lowest BCUT2D eigenvalue weighted by molar-refractivity contribution is 0.468. The molecule has 0 saturated carbocycles. The van der Waals surface area contributed by atoms with Crippen molar-refractivity contribution in [3.63, 3.8) is 0 Å². The Labute approximate surface area is 121 Å². The molecule has 2 aromatic heterocycles. The predicted molar refractivity (Wildman–Crippen MR) is 82.9 cm³/mol. The van der Waals surface area contributed by atoms with Gasteiger partial charge in [-0.15, -0.1) is 11.3 Å². The summed E-state index contributed by atoms with van der Waals surface area (Å²) in [7, 11) is 1.80. The van der Waals surface area contributed by atoms with Gasteiger partial charge in [-0.1, -0.05) is 19.1 Å². The minimum atomic E-state index is 0.571. The van der Waals surface area contributed by atoms with E-state index in [0.29, 0.717) is 11.8 Å². The maximum Gasteiger partial charge on any atom is 0.232 e. The molecule has 5 heteroatoms. The van der Waals surface area contributed by atoms with E-state index in [-0.39, 0.29) is 0 Å². The van der Waals surface area contributed by atoms with Gasteiger partial charge in [0.15, 0.2) is 0 Å². The molecule has 102 valence electrons. The summed E-state index contributed by atoms with van der Waals surface area (Å²) in [5.41, 5.74) is 1.24. The summed E-state index contributed by atoms with van der Waals surface area (Å²) in [6.45, 7) is 2.12. The molecule has 3 aromatic rings. The van der Waals surface area contributed by atoms with Crippen LogP contribution in [-0.2, 0) is 6.42 Å². The van der Waals surface area contributed by atoms with Gasteiger partial charge in [0.1, 0.15) is 10.6 Å². The molecule has 0 saturated heterocycles. The van der Waals surface area contributed by atoms with E-state index in [1.807, 2.05) is 29.6 Å². The maximum atomic E-state index is 5.95. The average molecular weight is 285 g/mol. The van der Waals surface area contributed by atoms with Crippen molar-refractivity contribution in [3.05, 3.63) is 41.3 Å². The summed E-state index contributed by atoms with van der Waals surface area (Å²) in [5.74, 6) is 1.97. The SMILES string of the molecule is CCc1cccc(Oc2nc(NC)nc3sccc23)c1. The molecule has 0 fully saturated rings. The van der Waals surface area contributed by atoms with Crippen LogP contribution in [0.15, 0.2) is 35.7 Å². The van der Waals surface area contributed by atoms with E-state index in [1.165, 1.54) is 5.56 Å². The van der Waals surface area contributed by atoms with Crippen LogP contribution in [-0.4, -0.2) is 17.0 Å². The maximum absolute atomic E-state index is 5.95. The van der Waals surface area contributed by atoms with Crippen molar-refractivity contribution in [1.29, 1.82) is 0 Å². The van der Waals surface area contributed by atoms with Gasteiger partial charge in [-0.2, -0.15) is 4.98 Å². The van der Waals surface area contributed by atoms with Crippen LogP contribution in [0.1, 0.15) is 12.5 Å². The lowest BCUT2D eigenvalue weighted by atomic mass is 10.2. The molecule has 0 aliphatic rings. The molecule has 0 amide bonds. The number of hydrogen-bond acceptors (Lipinski definition) is 5. The van der Waals surface area contributed by atoms with Gasteiger partial charge in [0.2, 0.25) is 11.8 Å². The molecule has 0 unspecified atom stereocenters. The van der Waals surface area contributed by atoms with Crippen molar-refractivity contribution >= 4 is 27.5 Å². The molecule has 0 atom stereocenters. The van der Waals surface area contributed by atoms with Gasteiger partial charge in [-0.25, -0.2) is 4.98 Å². The second kappa shape index (κ2) is 5.46. The largest absolute Gasteiger partial charge is 0.438 e. The van der Waals surface area contributed by atoms with Crippen molar-refractivity contribution in [2.45, 2.75) is 13.3 Å². The van der Waals surface area contributed by atoms with E-state index in [9.17, 15) is 0 Å². The lowest BCUT2D eigenvalue weighted by Crippen LogP contribution is -1.98. The molecule has 0 bridgehead atoms. The van der Waals surface area contributed by atoms with Gasteiger partial charge >= 0.3 is 0 Å². The standard InChI is InChI=1S/C15H15N3OS/c1-3-10-5-4-6-11(9-10)19-13-12-7-8-20-14(12)18-15(16-2)17-13/h4-9H,3H2,1-2H3,(H,16,17,18). The van der Waals surface area contributed by atoms with Gasteiger partial charge in [-0.3, -0.25) is 0 Å². The van der Waals surface area contributed by atoms with Gasteiger partial charge in [0, 0.05) is 7.05 Å². The van der Waals surface area contributed by atoms with Crippen molar-refractivity contribution < 1.29 is 4.74 Å². The summed E-state index contributed by atoms with van der Waals surface area (Å²) in [5, 5.41) is 5.90. The van der Waals surface area contributed by atoms with Crippen LogP contribution >= 0.6 is 11.3 Å². The third-order valence-corrected chi connectivity index (χ3v) is 3.84. The lowest BCUT2D eigenvalue weighted by Gasteiger charge is -2.08. The molecule has 1 aromatic carbocycles. The van der Waals surface area contributed by atoms with Crippen LogP contribution in [0.2, 0.25) is 0 Å². The highest BCUT2D eigenvalue weighted by molar-refractivity contribution is 7.16. The number of nitrogens with zero attached hydrogens (tertiary/aromatic N) is 2. The van der Waals surface area contributed by atoms with Gasteiger partial charge in [-0.05, 0) is 35.6 Å². The fourth-order valence-corrected chi connectivity index (χ4v) is 2.71. The highest BCUT2D eigenvalue weighted by atomic mass is 32.1. The number of fused-ring (bicyclic) bond motifs is 1. The fraction of sp³-hybridized carbons (Fsp3) is 0.200. The first-order chi connectivity index (χ1) is 9.80. The van der Waals surface area contributed by atoms with Crippen LogP contribution in [0, 0.1) is 0 Å². The van der Waals surface area contributed by atoms with Crippen LogP contribution in [0.4, 0.5) is 5.95 Å². The predicted octanol–water partition coefficient (Wildman–Crippen LogP) is 4.09. The quantitative estimate of drug-likeness (QED) is 0.784. The van der Waals surface area contributed by atoms with Crippen LogP contribution in [0.3, 0.4) is 0 Å². The highest BCUT2D eigenvalue weighted by Crippen LogP contribution is 2.31. The summed E-state index contributed by atoms with van der Waals surface area (Å²) < 4.78 is 5.95. The highest BCUT2D eigenvalue weighted by Gasteiger charge is 2.10. The number of anilines is 1. The minimum absolute atomic E-state index is 0.571. The van der Waals surface area contributed by atoms with Crippen molar-refractivity contribution in [1.82, 2.24) is 9.97 Å². The number of ether oxygens (including phenoxy) is 1. The van der Waals surface area contributed by atoms with Crippen molar-refractivity contribution in [2.24, 2.45) is 0 Å². The number of aromatic nitrogens is 2. The Morgan fingerprint density at radius 1 is 1.25 bits per heavy atom. The Balaban J connectivity index is 2.02. The van der Waals surface area contributed by atoms with E-state index in [2.05, 4.69) is 28.3 Å². The number of thiophene rings is 1. The minimum Gasteiger partial charge on any atom is -0.438 e. The summed E-state index contributed by atoms with van der Waals surface area (Å²) in [6, 6.07) is 10.1. The van der Waals surface area contributed by atoms with E-state index < -0.39 is 0 Å². The summed E-state index contributed by atoms with van der Waals surface area (Å²) in [4.78, 5) is 9.73. The van der Waals surface area contributed by atoms with Crippen molar-refractivity contribution in [2.75, 3.05) is 12.4 Å². The fourth-order valence-electron chi connectivity index (χ4n) is 1.96. The average Bonchev–Trinajstić information content (AvgIpc) is 2.96. The Kier molecular flexibility index (Phi) is 3.52. The number of benzene rings is 1. The monoisotopic (exact) mass is 285 g/mol. The van der Waals surface area contributed by atoms with Gasteiger partial charge in [0.25, 0.3) is 0 Å². The summed E-state index contributed by atoms with van der Waals surface area (Å²) in [6.07, 6.45) is 0.983. The molecular formula is C15H15N3OS. The Hall–Kier alpha value is -2.14. The number of rotatable bonds is 4. The molecule has 1 N–H and O–H groups in total. The molecular weight excluding hydrogens is 270 g/mol. The smallest absolute Gasteiger partial charge is 0.232 e. The number of aryl methyl sites for hydroxylation is 1. The van der Waals surface area contributed by atoms with Crippen LogP contribution in [0.5, 0.6) is 11.6 Å². The van der Waals surface area contributed by atoms with Gasteiger partial charge in [0.05, 0.1) is 5.39 Å². The number of nitrogens with one attached hydrogen (secondary N) is 1. The third-order valence-electron chi connectivity index (χ3n) is 3.03. The molecule has 0 radical (unpaired) electrons. The van der Waals surface area contributed by atoms with Gasteiger partial charge < -0.3 is 10.1 Å². The third kappa shape index (κ3) is 2.44. The molecule has 2 heterocycles. The zero-order valence-corrected chi connectivity index (χ0v) is 12.2. The molecule has 0 aliphatic heterocycles. The first kappa shape index (κ1) is 12.9. The Morgan fingerprint density at radius 2 is 2.15 bits per heavy atom. The number of hydrogen-bond donors (Lipinski definition) is 1. The topological polar surface area (TPSA) is 47.0 Å². The first-order valence-corrected chi connectivity index (χ1v) is 7.38. The Morgan fingerprint density at radius 3 is 2.95 bits per heavy atom. The van der Waals surface area contributed by atoms with E-state index >= 15 is 0 Å². The first-order valence-electron chi connectivity index (χ1n) is 6.50.